The maximum absolute atomic E-state index is 10.9. The molecule has 4 heteroatoms. The Bertz CT molecular complexity index is 207. The third kappa shape index (κ3) is 7.48. The van der Waals surface area contributed by atoms with Gasteiger partial charge < -0.3 is 4.74 Å². The van der Waals surface area contributed by atoms with Crippen LogP contribution in [0.2, 0.25) is 0 Å². The van der Waals surface area contributed by atoms with Crippen LogP contribution in [0.4, 0.5) is 4.79 Å². The number of ether oxygens (including phenoxy) is 1. The SMILES string of the molecule is CC#CC(Cl)NC(=O)OCCCC. The quantitative estimate of drug-likeness (QED) is 0.329. The maximum Gasteiger partial charge on any atom is 0.409 e. The van der Waals surface area contributed by atoms with E-state index in [0.29, 0.717) is 6.61 Å². The number of hydrogen-bond acceptors (Lipinski definition) is 2. The molecule has 1 amide bonds. The van der Waals surface area contributed by atoms with Gasteiger partial charge in [0, 0.05) is 0 Å². The number of unbranched alkanes of at least 4 members (excludes halogenated alkanes) is 1. The number of carbonyl (C=O) groups is 1. The summed E-state index contributed by atoms with van der Waals surface area (Å²) < 4.78 is 4.80. The molecule has 0 saturated carbocycles. The van der Waals surface area contributed by atoms with Crippen molar-refractivity contribution in [3.8, 4) is 11.8 Å². The third-order valence-electron chi connectivity index (χ3n) is 1.25. The average molecular weight is 204 g/mol. The second-order valence-corrected chi connectivity index (χ2v) is 2.83. The summed E-state index contributed by atoms with van der Waals surface area (Å²) in [5, 5.41) is 2.37. The van der Waals surface area contributed by atoms with Gasteiger partial charge in [0.15, 0.2) is 5.50 Å². The summed E-state index contributed by atoms with van der Waals surface area (Å²) in [4.78, 5) is 10.9. The fourth-order valence-electron chi connectivity index (χ4n) is 0.617. The summed E-state index contributed by atoms with van der Waals surface area (Å²) in [6, 6.07) is 0. The lowest BCUT2D eigenvalue weighted by Crippen LogP contribution is -2.30. The molecule has 0 aliphatic rings. The highest BCUT2D eigenvalue weighted by Crippen LogP contribution is 1.92. The van der Waals surface area contributed by atoms with Gasteiger partial charge in [-0.05, 0) is 13.3 Å². The molecule has 0 radical (unpaired) electrons. The zero-order valence-electron chi connectivity index (χ0n) is 7.89. The molecule has 0 aromatic heterocycles. The molecule has 1 unspecified atom stereocenters. The Labute approximate surface area is 83.8 Å². The van der Waals surface area contributed by atoms with Crippen molar-refractivity contribution in [2.24, 2.45) is 0 Å². The number of alkyl carbamates (subject to hydrolysis) is 1. The number of hydrogen-bond donors (Lipinski definition) is 1. The zero-order valence-corrected chi connectivity index (χ0v) is 8.65. The van der Waals surface area contributed by atoms with Crippen LogP contribution in [0.3, 0.4) is 0 Å². The monoisotopic (exact) mass is 203 g/mol. The Kier molecular flexibility index (Phi) is 7.23. The molecule has 0 aromatic carbocycles. The topological polar surface area (TPSA) is 38.3 Å². The molecule has 3 nitrogen and oxygen atoms in total. The van der Waals surface area contributed by atoms with Crippen molar-refractivity contribution in [1.29, 1.82) is 0 Å². The van der Waals surface area contributed by atoms with Gasteiger partial charge in [0.05, 0.1) is 6.61 Å². The van der Waals surface area contributed by atoms with Gasteiger partial charge in [-0.2, -0.15) is 0 Å². The van der Waals surface area contributed by atoms with E-state index in [4.69, 9.17) is 16.3 Å². The third-order valence-corrected chi connectivity index (χ3v) is 1.46. The van der Waals surface area contributed by atoms with Crippen LogP contribution in [0.1, 0.15) is 26.7 Å². The van der Waals surface area contributed by atoms with Gasteiger partial charge in [-0.1, -0.05) is 30.9 Å². The normalized spacial score (nSPS) is 11.0. The molecule has 0 aromatic rings. The van der Waals surface area contributed by atoms with Crippen molar-refractivity contribution >= 4 is 17.7 Å². The van der Waals surface area contributed by atoms with Crippen LogP contribution < -0.4 is 5.32 Å². The summed E-state index contributed by atoms with van der Waals surface area (Å²) in [5.41, 5.74) is -0.667. The molecule has 0 aliphatic carbocycles. The Balaban J connectivity index is 3.54. The van der Waals surface area contributed by atoms with Crippen LogP contribution in [0.5, 0.6) is 0 Å². The lowest BCUT2D eigenvalue weighted by Gasteiger charge is -2.06. The van der Waals surface area contributed by atoms with Crippen molar-refractivity contribution in [3.63, 3.8) is 0 Å². The summed E-state index contributed by atoms with van der Waals surface area (Å²) in [5.74, 6) is 5.16. The van der Waals surface area contributed by atoms with Crippen molar-refractivity contribution in [2.75, 3.05) is 6.61 Å². The Morgan fingerprint density at radius 2 is 2.38 bits per heavy atom. The first kappa shape index (κ1) is 12.1. The number of amides is 1. The van der Waals surface area contributed by atoms with E-state index in [1.165, 1.54) is 0 Å². The lowest BCUT2D eigenvalue weighted by molar-refractivity contribution is 0.145. The Morgan fingerprint density at radius 1 is 1.69 bits per heavy atom. The smallest absolute Gasteiger partial charge is 0.409 e. The fourth-order valence-corrected chi connectivity index (χ4v) is 0.815. The first-order chi connectivity index (χ1) is 6.20. The highest BCUT2D eigenvalue weighted by Gasteiger charge is 2.05. The van der Waals surface area contributed by atoms with Gasteiger partial charge in [0.2, 0.25) is 0 Å². The van der Waals surface area contributed by atoms with E-state index in [1.54, 1.807) is 6.92 Å². The zero-order chi connectivity index (χ0) is 10.1. The van der Waals surface area contributed by atoms with Crippen LogP contribution in [-0.4, -0.2) is 18.2 Å². The van der Waals surface area contributed by atoms with Crippen molar-refractivity contribution in [3.05, 3.63) is 0 Å². The molecule has 74 valence electrons. The highest BCUT2D eigenvalue weighted by molar-refractivity contribution is 6.23. The van der Waals surface area contributed by atoms with E-state index in [1.807, 2.05) is 6.92 Å². The van der Waals surface area contributed by atoms with Gasteiger partial charge in [0.25, 0.3) is 0 Å². The summed E-state index contributed by atoms with van der Waals surface area (Å²) >= 11 is 5.60. The van der Waals surface area contributed by atoms with Crippen LogP contribution in [0.25, 0.3) is 0 Å². The molecule has 0 fully saturated rings. The molecule has 0 heterocycles. The average Bonchev–Trinajstić information content (AvgIpc) is 2.05. The minimum atomic E-state index is -0.667. The molecular formula is C9H14ClNO2. The van der Waals surface area contributed by atoms with E-state index in [9.17, 15) is 4.79 Å². The van der Waals surface area contributed by atoms with Crippen LogP contribution >= 0.6 is 11.6 Å². The molecule has 0 bridgehead atoms. The summed E-state index contributed by atoms with van der Waals surface area (Å²) in [6.45, 7) is 4.10. The fraction of sp³-hybridized carbons (Fsp3) is 0.667. The summed E-state index contributed by atoms with van der Waals surface area (Å²) in [6.07, 6.45) is 1.34. The van der Waals surface area contributed by atoms with Crippen LogP contribution in [-0.2, 0) is 4.74 Å². The van der Waals surface area contributed by atoms with Crippen molar-refractivity contribution < 1.29 is 9.53 Å². The predicted octanol–water partition coefficient (Wildman–Crippen LogP) is 2.10. The van der Waals surface area contributed by atoms with E-state index in [2.05, 4.69) is 17.2 Å². The van der Waals surface area contributed by atoms with E-state index < -0.39 is 11.6 Å². The molecule has 0 rings (SSSR count). The Morgan fingerprint density at radius 3 is 2.92 bits per heavy atom. The Hall–Kier alpha value is -0.880. The number of halogens is 1. The minimum absolute atomic E-state index is 0.422. The number of nitrogens with one attached hydrogen (secondary N) is 1. The molecular weight excluding hydrogens is 190 g/mol. The second-order valence-electron chi connectivity index (χ2n) is 2.39. The molecule has 1 atom stereocenters. The molecule has 0 aliphatic heterocycles. The van der Waals surface area contributed by atoms with Crippen LogP contribution in [0, 0.1) is 11.8 Å². The van der Waals surface area contributed by atoms with Gasteiger partial charge in [-0.3, -0.25) is 5.32 Å². The predicted molar refractivity (Wildman–Crippen MR) is 52.5 cm³/mol. The van der Waals surface area contributed by atoms with Gasteiger partial charge in [-0.15, -0.1) is 5.92 Å². The summed E-state index contributed by atoms with van der Waals surface area (Å²) in [7, 11) is 0. The largest absolute Gasteiger partial charge is 0.450 e. The van der Waals surface area contributed by atoms with Gasteiger partial charge in [-0.25, -0.2) is 4.79 Å². The maximum atomic E-state index is 10.9. The standard InChI is InChI=1S/C9H14ClNO2/c1-3-5-7-13-9(12)11-8(10)6-4-2/h8H,3,5,7H2,1-2H3,(H,11,12). The molecule has 0 spiro atoms. The van der Waals surface area contributed by atoms with Crippen molar-refractivity contribution in [1.82, 2.24) is 5.32 Å². The second kappa shape index (κ2) is 7.75. The number of rotatable bonds is 4. The number of carbonyl (C=O) groups excluding carboxylic acids is 1. The minimum Gasteiger partial charge on any atom is -0.450 e. The van der Waals surface area contributed by atoms with Crippen LogP contribution in [0.15, 0.2) is 0 Å². The van der Waals surface area contributed by atoms with E-state index >= 15 is 0 Å². The molecule has 0 saturated heterocycles. The van der Waals surface area contributed by atoms with E-state index in [-0.39, 0.29) is 0 Å². The lowest BCUT2D eigenvalue weighted by atomic mass is 10.4. The number of alkyl halides is 1. The molecule has 1 N–H and O–H groups in total. The first-order valence-corrected chi connectivity index (χ1v) is 4.64. The highest BCUT2D eigenvalue weighted by atomic mass is 35.5. The molecule has 13 heavy (non-hydrogen) atoms. The van der Waals surface area contributed by atoms with Gasteiger partial charge >= 0.3 is 6.09 Å². The van der Waals surface area contributed by atoms with Crippen molar-refractivity contribution in [2.45, 2.75) is 32.2 Å². The van der Waals surface area contributed by atoms with Gasteiger partial charge in [0.1, 0.15) is 0 Å². The first-order valence-electron chi connectivity index (χ1n) is 4.20. The van der Waals surface area contributed by atoms with E-state index in [0.717, 1.165) is 12.8 Å².